The Hall–Kier alpha value is -0.500. The summed E-state index contributed by atoms with van der Waals surface area (Å²) in [6.07, 6.45) is 2.98. The van der Waals surface area contributed by atoms with Crippen molar-refractivity contribution in [2.75, 3.05) is 0 Å². The first-order chi connectivity index (χ1) is 4.20. The lowest BCUT2D eigenvalue weighted by molar-refractivity contribution is -0.132. The second-order valence-electron chi connectivity index (χ2n) is 2.05. The molecule has 1 aliphatic rings. The Morgan fingerprint density at radius 2 is 2.56 bits per heavy atom. The summed E-state index contributed by atoms with van der Waals surface area (Å²) in [7, 11) is 0. The van der Waals surface area contributed by atoms with E-state index in [9.17, 15) is 4.79 Å². The highest BCUT2D eigenvalue weighted by atomic mass is 35.5. The highest BCUT2D eigenvalue weighted by Gasteiger charge is 2.17. The number of aliphatic carboxylic acids is 1. The molecule has 0 aliphatic heterocycles. The van der Waals surface area contributed by atoms with Gasteiger partial charge in [0, 0.05) is 5.57 Å². The molecule has 0 saturated carbocycles. The smallest absolute Gasteiger partial charge is 0.331 e. The molecule has 1 unspecified atom stereocenters. The van der Waals surface area contributed by atoms with Gasteiger partial charge in [-0.05, 0) is 12.8 Å². The normalized spacial score (nSPS) is 25.9. The monoisotopic (exact) mass is 146 g/mol. The fourth-order valence-corrected chi connectivity index (χ4v) is 1.12. The lowest BCUT2D eigenvalue weighted by Crippen LogP contribution is -1.95. The quantitative estimate of drug-likeness (QED) is 0.568. The average Bonchev–Trinajstić information content (AvgIpc) is 2.14. The summed E-state index contributed by atoms with van der Waals surface area (Å²) in [5.41, 5.74) is 0.454. The van der Waals surface area contributed by atoms with Gasteiger partial charge >= 0.3 is 5.97 Å². The van der Waals surface area contributed by atoms with E-state index < -0.39 is 5.97 Å². The maximum atomic E-state index is 10.2. The maximum absolute atomic E-state index is 10.2. The minimum atomic E-state index is -0.835. The van der Waals surface area contributed by atoms with Crippen molar-refractivity contribution in [1.82, 2.24) is 0 Å². The zero-order chi connectivity index (χ0) is 6.85. The van der Waals surface area contributed by atoms with Gasteiger partial charge in [0.05, 0.1) is 5.38 Å². The van der Waals surface area contributed by atoms with Crippen LogP contribution >= 0.6 is 11.6 Å². The summed E-state index contributed by atoms with van der Waals surface area (Å²) in [6, 6.07) is 0. The first kappa shape index (κ1) is 6.62. The lowest BCUT2D eigenvalue weighted by atomic mass is 10.2. The fraction of sp³-hybridized carbons (Fsp3) is 0.500. The Morgan fingerprint density at radius 1 is 1.89 bits per heavy atom. The molecule has 3 heteroatoms. The van der Waals surface area contributed by atoms with E-state index in [2.05, 4.69) is 0 Å². The number of halogens is 1. The predicted octanol–water partition coefficient (Wildman–Crippen LogP) is 1.40. The summed E-state index contributed by atoms with van der Waals surface area (Å²) < 4.78 is 0. The van der Waals surface area contributed by atoms with Gasteiger partial charge in [-0.15, -0.1) is 11.6 Å². The van der Waals surface area contributed by atoms with Crippen LogP contribution in [-0.4, -0.2) is 16.5 Å². The Morgan fingerprint density at radius 3 is 2.78 bits per heavy atom. The van der Waals surface area contributed by atoms with Crippen molar-refractivity contribution in [2.24, 2.45) is 0 Å². The van der Waals surface area contributed by atoms with Crippen LogP contribution in [-0.2, 0) is 4.79 Å². The van der Waals surface area contributed by atoms with Crippen LogP contribution in [0.3, 0.4) is 0 Å². The molecule has 0 spiro atoms. The predicted molar refractivity (Wildman–Crippen MR) is 34.6 cm³/mol. The molecule has 0 aromatic heterocycles. The fourth-order valence-electron chi connectivity index (χ4n) is 0.857. The molecule has 0 aromatic carbocycles. The topological polar surface area (TPSA) is 37.3 Å². The number of allylic oxidation sites excluding steroid dienone is 1. The standard InChI is InChI=1S/C6H7ClO2/c7-5-2-1-4(3-5)6(8)9/h3,5H,1-2H2,(H,8,9). The van der Waals surface area contributed by atoms with Crippen LogP contribution in [0.15, 0.2) is 11.6 Å². The first-order valence-electron chi connectivity index (χ1n) is 2.78. The highest BCUT2D eigenvalue weighted by Crippen LogP contribution is 2.22. The van der Waals surface area contributed by atoms with Gasteiger partial charge in [-0.2, -0.15) is 0 Å². The van der Waals surface area contributed by atoms with Crippen LogP contribution in [0, 0.1) is 0 Å². The number of rotatable bonds is 1. The molecule has 0 radical (unpaired) electrons. The van der Waals surface area contributed by atoms with E-state index >= 15 is 0 Å². The minimum absolute atomic E-state index is 0.0592. The van der Waals surface area contributed by atoms with Gasteiger partial charge in [0.25, 0.3) is 0 Å². The maximum Gasteiger partial charge on any atom is 0.331 e. The Balaban J connectivity index is 2.62. The van der Waals surface area contributed by atoms with Crippen molar-refractivity contribution < 1.29 is 9.90 Å². The molecule has 1 aliphatic carbocycles. The van der Waals surface area contributed by atoms with Gasteiger partial charge in [-0.25, -0.2) is 4.79 Å². The summed E-state index contributed by atoms with van der Waals surface area (Å²) >= 11 is 5.61. The van der Waals surface area contributed by atoms with E-state index in [1.165, 1.54) is 0 Å². The number of carbonyl (C=O) groups is 1. The lowest BCUT2D eigenvalue weighted by Gasteiger charge is -1.87. The Bertz CT molecular complexity index is 162. The van der Waals surface area contributed by atoms with Crippen molar-refractivity contribution >= 4 is 17.6 Å². The van der Waals surface area contributed by atoms with Crippen molar-refractivity contribution in [3.8, 4) is 0 Å². The van der Waals surface area contributed by atoms with E-state index in [-0.39, 0.29) is 5.38 Å². The molecule has 1 rings (SSSR count). The van der Waals surface area contributed by atoms with Crippen LogP contribution in [0.5, 0.6) is 0 Å². The van der Waals surface area contributed by atoms with E-state index in [1.54, 1.807) is 6.08 Å². The van der Waals surface area contributed by atoms with Crippen LogP contribution in [0.25, 0.3) is 0 Å². The van der Waals surface area contributed by atoms with Crippen LogP contribution in [0.4, 0.5) is 0 Å². The molecular weight excluding hydrogens is 140 g/mol. The largest absolute Gasteiger partial charge is 0.478 e. The van der Waals surface area contributed by atoms with E-state index in [0.717, 1.165) is 6.42 Å². The van der Waals surface area contributed by atoms with Crippen molar-refractivity contribution in [3.63, 3.8) is 0 Å². The average molecular weight is 147 g/mol. The summed E-state index contributed by atoms with van der Waals surface area (Å²) in [5.74, 6) is -0.835. The summed E-state index contributed by atoms with van der Waals surface area (Å²) in [5, 5.41) is 8.34. The molecule has 0 heterocycles. The zero-order valence-electron chi connectivity index (χ0n) is 4.80. The second-order valence-corrected chi connectivity index (χ2v) is 2.61. The van der Waals surface area contributed by atoms with Gasteiger partial charge in [0.1, 0.15) is 0 Å². The number of hydrogen-bond acceptors (Lipinski definition) is 1. The molecule has 0 saturated heterocycles. The number of alkyl halides is 1. The minimum Gasteiger partial charge on any atom is -0.478 e. The molecule has 0 aromatic rings. The molecular formula is C6H7ClO2. The molecule has 2 nitrogen and oxygen atoms in total. The molecule has 50 valence electrons. The Labute approximate surface area is 58.1 Å². The van der Waals surface area contributed by atoms with E-state index in [0.29, 0.717) is 12.0 Å². The molecule has 0 amide bonds. The van der Waals surface area contributed by atoms with Crippen molar-refractivity contribution in [1.29, 1.82) is 0 Å². The third kappa shape index (κ3) is 1.45. The van der Waals surface area contributed by atoms with Gasteiger partial charge in [0.15, 0.2) is 0 Å². The molecule has 0 bridgehead atoms. The van der Waals surface area contributed by atoms with E-state index in [1.807, 2.05) is 0 Å². The third-order valence-electron chi connectivity index (χ3n) is 1.35. The van der Waals surface area contributed by atoms with Gasteiger partial charge in [0.2, 0.25) is 0 Å². The Kier molecular flexibility index (Phi) is 1.76. The van der Waals surface area contributed by atoms with Crippen LogP contribution < -0.4 is 0 Å². The summed E-state index contributed by atoms with van der Waals surface area (Å²) in [6.45, 7) is 0. The number of carboxylic acids is 1. The van der Waals surface area contributed by atoms with Crippen molar-refractivity contribution in [2.45, 2.75) is 18.2 Å². The molecule has 1 atom stereocenters. The second kappa shape index (κ2) is 2.40. The summed E-state index contributed by atoms with van der Waals surface area (Å²) in [4.78, 5) is 10.2. The SMILES string of the molecule is O=C(O)C1=CC(Cl)CC1. The highest BCUT2D eigenvalue weighted by molar-refractivity contribution is 6.22. The third-order valence-corrected chi connectivity index (χ3v) is 1.69. The molecule has 9 heavy (non-hydrogen) atoms. The molecule has 0 fully saturated rings. The van der Waals surface area contributed by atoms with Crippen LogP contribution in [0.1, 0.15) is 12.8 Å². The van der Waals surface area contributed by atoms with E-state index in [4.69, 9.17) is 16.7 Å². The van der Waals surface area contributed by atoms with Crippen molar-refractivity contribution in [3.05, 3.63) is 11.6 Å². The van der Waals surface area contributed by atoms with Gasteiger partial charge in [-0.1, -0.05) is 6.08 Å². The number of hydrogen-bond donors (Lipinski definition) is 1. The van der Waals surface area contributed by atoms with Gasteiger partial charge < -0.3 is 5.11 Å². The van der Waals surface area contributed by atoms with Gasteiger partial charge in [-0.3, -0.25) is 0 Å². The molecule has 1 N–H and O–H groups in total. The number of carboxylic acid groups (broad SMARTS) is 1. The zero-order valence-corrected chi connectivity index (χ0v) is 5.56. The van der Waals surface area contributed by atoms with Crippen LogP contribution in [0.2, 0.25) is 0 Å². The first-order valence-corrected chi connectivity index (χ1v) is 3.22.